The number of Topliss-reactive ketones (excluding diaryl/α,β-unsaturated/α-hetero) is 1. The number of rotatable bonds is 5. The van der Waals surface area contributed by atoms with Crippen LogP contribution >= 0.6 is 11.3 Å². The largest absolute Gasteiger partial charge is 0.485 e. The molecule has 0 aromatic carbocycles. The molecular formula is C15H14N4O2S. The van der Waals surface area contributed by atoms with Crippen molar-refractivity contribution >= 4 is 22.6 Å². The highest BCUT2D eigenvalue weighted by Gasteiger charge is 2.27. The molecule has 1 fully saturated rings. The van der Waals surface area contributed by atoms with Crippen molar-refractivity contribution in [2.75, 3.05) is 0 Å². The lowest BCUT2D eigenvalue weighted by Gasteiger charge is -2.04. The molecule has 0 bridgehead atoms. The van der Waals surface area contributed by atoms with E-state index in [4.69, 9.17) is 4.74 Å². The van der Waals surface area contributed by atoms with Crippen LogP contribution in [0.2, 0.25) is 0 Å². The Kier molecular flexibility index (Phi) is 3.15. The molecule has 0 atom stereocenters. The summed E-state index contributed by atoms with van der Waals surface area (Å²) in [5.41, 5.74) is 1.40. The predicted molar refractivity (Wildman–Crippen MR) is 81.4 cm³/mol. The average molecular weight is 314 g/mol. The van der Waals surface area contributed by atoms with Crippen molar-refractivity contribution in [2.45, 2.75) is 32.3 Å². The van der Waals surface area contributed by atoms with Gasteiger partial charge in [0, 0.05) is 5.92 Å². The van der Waals surface area contributed by atoms with Crippen molar-refractivity contribution < 1.29 is 9.53 Å². The fourth-order valence-electron chi connectivity index (χ4n) is 2.29. The number of ketones is 1. The number of hydrogen-bond acceptors (Lipinski definition) is 6. The third-order valence-corrected chi connectivity index (χ3v) is 4.70. The smallest absolute Gasteiger partial charge is 0.163 e. The average Bonchev–Trinajstić information content (AvgIpc) is 3.10. The van der Waals surface area contributed by atoms with Crippen molar-refractivity contribution in [3.05, 3.63) is 40.1 Å². The molecule has 7 heteroatoms. The Morgan fingerprint density at radius 3 is 3.05 bits per heavy atom. The van der Waals surface area contributed by atoms with Crippen molar-refractivity contribution in [3.8, 4) is 5.75 Å². The Hall–Kier alpha value is -2.28. The number of carbonyl (C=O) groups excluding carboxylic acids is 1. The molecular weight excluding hydrogens is 300 g/mol. The van der Waals surface area contributed by atoms with E-state index in [2.05, 4.69) is 15.3 Å². The number of hydrogen-bond donors (Lipinski definition) is 0. The Balaban J connectivity index is 1.50. The summed E-state index contributed by atoms with van der Waals surface area (Å²) in [4.78, 5) is 11.5. The van der Waals surface area contributed by atoms with Crippen molar-refractivity contribution in [3.63, 3.8) is 0 Å². The number of nitrogens with zero attached hydrogens (tertiary/aromatic N) is 4. The first kappa shape index (κ1) is 13.4. The lowest BCUT2D eigenvalue weighted by Crippen LogP contribution is -1.97. The highest BCUT2D eigenvalue weighted by molar-refractivity contribution is 7.11. The fourth-order valence-corrected chi connectivity index (χ4v) is 3.21. The summed E-state index contributed by atoms with van der Waals surface area (Å²) in [6.45, 7) is 1.94. The van der Waals surface area contributed by atoms with Crippen LogP contribution in [0.5, 0.6) is 5.75 Å². The number of pyridine rings is 1. The van der Waals surface area contributed by atoms with Gasteiger partial charge in [-0.2, -0.15) is 5.10 Å². The van der Waals surface area contributed by atoms with E-state index < -0.39 is 0 Å². The Morgan fingerprint density at radius 1 is 1.41 bits per heavy atom. The summed E-state index contributed by atoms with van der Waals surface area (Å²) >= 11 is 1.62. The van der Waals surface area contributed by atoms with E-state index in [1.807, 2.05) is 12.1 Å². The maximum absolute atomic E-state index is 11.5. The van der Waals surface area contributed by atoms with Crippen LogP contribution in [-0.2, 0) is 6.61 Å². The standard InChI is InChI=1S/C15H14N4O2S/c1-9(20)12-6-16-19-7-11(4-5-13(12)19)21-8-14-17-18-15(22-14)10-2-3-10/h4-7,10H,2-3,8H2,1H3. The van der Waals surface area contributed by atoms with E-state index in [1.54, 1.807) is 28.2 Å². The molecule has 3 aromatic heterocycles. The van der Waals surface area contributed by atoms with E-state index in [0.717, 1.165) is 15.5 Å². The third-order valence-electron chi connectivity index (χ3n) is 3.64. The maximum Gasteiger partial charge on any atom is 0.163 e. The van der Waals surface area contributed by atoms with Crippen molar-refractivity contribution in [2.24, 2.45) is 0 Å². The Morgan fingerprint density at radius 2 is 2.27 bits per heavy atom. The zero-order valence-electron chi connectivity index (χ0n) is 12.0. The number of carbonyl (C=O) groups is 1. The summed E-state index contributed by atoms with van der Waals surface area (Å²) in [5.74, 6) is 1.32. The van der Waals surface area contributed by atoms with Crippen LogP contribution in [0.1, 0.15) is 46.1 Å². The quantitative estimate of drug-likeness (QED) is 0.677. The highest BCUT2D eigenvalue weighted by atomic mass is 32.1. The molecule has 3 heterocycles. The minimum Gasteiger partial charge on any atom is -0.485 e. The van der Waals surface area contributed by atoms with Crippen LogP contribution in [-0.4, -0.2) is 25.6 Å². The molecule has 0 spiro atoms. The van der Waals surface area contributed by atoms with Crippen LogP contribution in [0.15, 0.2) is 24.5 Å². The molecule has 0 aliphatic heterocycles. The maximum atomic E-state index is 11.5. The van der Waals surface area contributed by atoms with Gasteiger partial charge in [0.25, 0.3) is 0 Å². The molecule has 0 amide bonds. The zero-order chi connectivity index (χ0) is 15.1. The third kappa shape index (κ3) is 2.48. The topological polar surface area (TPSA) is 69.4 Å². The summed E-state index contributed by atoms with van der Waals surface area (Å²) in [6.07, 6.45) is 5.80. The summed E-state index contributed by atoms with van der Waals surface area (Å²) < 4.78 is 7.40. The van der Waals surface area contributed by atoms with E-state index in [1.165, 1.54) is 19.8 Å². The summed E-state index contributed by atoms with van der Waals surface area (Å²) in [5, 5.41) is 14.5. The lowest BCUT2D eigenvalue weighted by molar-refractivity contribution is 0.101. The van der Waals surface area contributed by atoms with Gasteiger partial charge in [-0.05, 0) is 31.9 Å². The van der Waals surface area contributed by atoms with Gasteiger partial charge in [0.1, 0.15) is 17.4 Å². The van der Waals surface area contributed by atoms with Gasteiger partial charge in [-0.25, -0.2) is 4.52 Å². The second kappa shape index (κ2) is 5.17. The van der Waals surface area contributed by atoms with Gasteiger partial charge < -0.3 is 4.74 Å². The minimum absolute atomic E-state index is 0.00475. The second-order valence-electron chi connectivity index (χ2n) is 5.41. The van der Waals surface area contributed by atoms with E-state index in [9.17, 15) is 4.79 Å². The van der Waals surface area contributed by atoms with Gasteiger partial charge in [-0.1, -0.05) is 11.3 Å². The molecule has 1 aliphatic rings. The predicted octanol–water partition coefficient (Wildman–Crippen LogP) is 2.84. The van der Waals surface area contributed by atoms with Crippen LogP contribution < -0.4 is 4.74 Å². The summed E-state index contributed by atoms with van der Waals surface area (Å²) in [6, 6.07) is 3.68. The van der Waals surface area contributed by atoms with Crippen LogP contribution in [0.4, 0.5) is 0 Å². The molecule has 0 saturated heterocycles. The van der Waals surface area contributed by atoms with Crippen molar-refractivity contribution in [1.29, 1.82) is 0 Å². The molecule has 0 N–H and O–H groups in total. The molecule has 0 radical (unpaired) electrons. The van der Waals surface area contributed by atoms with Gasteiger partial charge in [-0.3, -0.25) is 4.79 Å². The van der Waals surface area contributed by atoms with Gasteiger partial charge >= 0.3 is 0 Å². The van der Waals surface area contributed by atoms with Crippen LogP contribution in [0.3, 0.4) is 0 Å². The van der Waals surface area contributed by atoms with Gasteiger partial charge in [0.05, 0.1) is 23.5 Å². The van der Waals surface area contributed by atoms with E-state index in [0.29, 0.717) is 23.8 Å². The Labute approximate surface area is 130 Å². The van der Waals surface area contributed by atoms with Crippen LogP contribution in [0.25, 0.3) is 5.52 Å². The van der Waals surface area contributed by atoms with Crippen molar-refractivity contribution in [1.82, 2.24) is 19.8 Å². The number of ether oxygens (including phenoxy) is 1. The van der Waals surface area contributed by atoms with Gasteiger partial charge in [-0.15, -0.1) is 10.2 Å². The minimum atomic E-state index is 0.00475. The molecule has 3 aromatic rings. The molecule has 1 saturated carbocycles. The first-order chi connectivity index (χ1) is 10.7. The number of aromatic nitrogens is 4. The Bertz CT molecular complexity index is 850. The first-order valence-electron chi connectivity index (χ1n) is 7.14. The molecule has 4 rings (SSSR count). The molecule has 112 valence electrons. The highest BCUT2D eigenvalue weighted by Crippen LogP contribution is 2.41. The molecule has 22 heavy (non-hydrogen) atoms. The monoisotopic (exact) mass is 314 g/mol. The summed E-state index contributed by atoms with van der Waals surface area (Å²) in [7, 11) is 0. The molecule has 1 aliphatic carbocycles. The second-order valence-corrected chi connectivity index (χ2v) is 6.50. The van der Waals surface area contributed by atoms with Crippen LogP contribution in [0, 0.1) is 0 Å². The lowest BCUT2D eigenvalue weighted by atomic mass is 10.2. The molecule has 6 nitrogen and oxygen atoms in total. The van der Waals surface area contributed by atoms with Gasteiger partial charge in [0.15, 0.2) is 10.8 Å². The number of fused-ring (bicyclic) bond motifs is 1. The molecule has 0 unspecified atom stereocenters. The van der Waals surface area contributed by atoms with E-state index in [-0.39, 0.29) is 5.78 Å². The fraction of sp³-hybridized carbons (Fsp3) is 0.333. The van der Waals surface area contributed by atoms with Gasteiger partial charge in [0.2, 0.25) is 0 Å². The normalized spacial score (nSPS) is 14.4. The van der Waals surface area contributed by atoms with E-state index >= 15 is 0 Å². The zero-order valence-corrected chi connectivity index (χ0v) is 12.8. The SMILES string of the molecule is CC(=O)c1cnn2cc(OCc3nnc(C4CC4)s3)ccc12. The first-order valence-corrected chi connectivity index (χ1v) is 7.96.